The third-order valence-corrected chi connectivity index (χ3v) is 6.03. The van der Waals surface area contributed by atoms with Gasteiger partial charge in [0, 0.05) is 18.7 Å². The molecule has 3 aromatic rings. The summed E-state index contributed by atoms with van der Waals surface area (Å²) in [4.78, 5) is 54.2. The van der Waals surface area contributed by atoms with Crippen molar-refractivity contribution >= 4 is 34.8 Å². The highest BCUT2D eigenvalue weighted by Crippen LogP contribution is 2.24. The number of H-pyrrole nitrogens is 1. The summed E-state index contributed by atoms with van der Waals surface area (Å²) >= 11 is 0. The third kappa shape index (κ3) is 6.99. The summed E-state index contributed by atoms with van der Waals surface area (Å²) < 4.78 is 46.3. The lowest BCUT2D eigenvalue weighted by atomic mass is 10.0. The SMILES string of the molecule is O=C(CCCCc1ccc2c(n1)NCCC2)N[C@@H](CC(=O)OC(=O)C(F)(F)F)c1ccc2[nH]c(=O)oc2c1. The summed E-state index contributed by atoms with van der Waals surface area (Å²) in [6.07, 6.45) is -2.16. The largest absolute Gasteiger partial charge is 0.491 e. The Morgan fingerprint density at radius 3 is 2.76 bits per heavy atom. The lowest BCUT2D eigenvalue weighted by Crippen LogP contribution is -2.33. The monoisotopic (exact) mass is 534 g/mol. The van der Waals surface area contributed by atoms with Gasteiger partial charge >= 0.3 is 23.9 Å². The molecule has 4 rings (SSSR count). The number of halogens is 3. The van der Waals surface area contributed by atoms with Crippen LogP contribution in [0.15, 0.2) is 39.5 Å². The maximum Gasteiger partial charge on any atom is 0.491 e. The zero-order valence-electron chi connectivity index (χ0n) is 20.2. The smallest absolute Gasteiger partial charge is 0.408 e. The Morgan fingerprint density at radius 1 is 1.16 bits per heavy atom. The highest BCUT2D eigenvalue weighted by molar-refractivity contribution is 5.89. The molecule has 0 bridgehead atoms. The van der Waals surface area contributed by atoms with Gasteiger partial charge in [0.1, 0.15) is 5.82 Å². The molecule has 3 heterocycles. The van der Waals surface area contributed by atoms with Crippen molar-refractivity contribution in [3.8, 4) is 0 Å². The Bertz CT molecular complexity index is 1400. The topological polar surface area (TPSA) is 143 Å². The fourth-order valence-electron chi connectivity index (χ4n) is 4.17. The minimum atomic E-state index is -5.34. The van der Waals surface area contributed by atoms with Gasteiger partial charge in [0.25, 0.3) is 0 Å². The summed E-state index contributed by atoms with van der Waals surface area (Å²) in [5.41, 5.74) is 2.83. The number of oxazole rings is 1. The molecule has 0 unspecified atom stereocenters. The molecule has 1 amide bonds. The van der Waals surface area contributed by atoms with Crippen LogP contribution in [0.3, 0.4) is 0 Å². The number of nitrogens with zero attached hydrogens (tertiary/aromatic N) is 1. The number of hydrogen-bond donors (Lipinski definition) is 3. The summed E-state index contributed by atoms with van der Waals surface area (Å²) in [5, 5.41) is 5.87. The van der Waals surface area contributed by atoms with Crippen molar-refractivity contribution < 1.29 is 36.7 Å². The Hall–Kier alpha value is -4.16. The molecule has 1 aromatic carbocycles. The fraction of sp³-hybridized carbons (Fsp3) is 0.400. The number of esters is 2. The number of anilines is 1. The van der Waals surface area contributed by atoms with Crippen molar-refractivity contribution in [1.29, 1.82) is 0 Å². The molecule has 3 N–H and O–H groups in total. The van der Waals surface area contributed by atoms with Gasteiger partial charge in [-0.15, -0.1) is 0 Å². The van der Waals surface area contributed by atoms with Crippen LogP contribution in [0.25, 0.3) is 11.1 Å². The van der Waals surface area contributed by atoms with Gasteiger partial charge in [-0.3, -0.25) is 14.6 Å². The molecule has 1 aliphatic rings. The van der Waals surface area contributed by atoms with E-state index >= 15 is 0 Å². The molecule has 1 aliphatic heterocycles. The quantitative estimate of drug-likeness (QED) is 0.215. The van der Waals surface area contributed by atoms with E-state index < -0.39 is 42.2 Å². The summed E-state index contributed by atoms with van der Waals surface area (Å²) in [5.74, 6) is -4.41. The van der Waals surface area contributed by atoms with Gasteiger partial charge in [-0.1, -0.05) is 12.1 Å². The zero-order chi connectivity index (χ0) is 27.3. The van der Waals surface area contributed by atoms with E-state index in [4.69, 9.17) is 4.42 Å². The average Bonchev–Trinajstić information content (AvgIpc) is 3.24. The number of unbranched alkanes of at least 4 members (excludes halogenated alkanes) is 1. The number of carbonyl (C=O) groups excluding carboxylic acids is 3. The Balaban J connectivity index is 1.36. The van der Waals surface area contributed by atoms with Gasteiger partial charge in [0.2, 0.25) is 5.91 Å². The number of rotatable bonds is 9. The minimum Gasteiger partial charge on any atom is -0.408 e. The van der Waals surface area contributed by atoms with Gasteiger partial charge in [-0.2, -0.15) is 13.2 Å². The number of hydrogen-bond acceptors (Lipinski definition) is 8. The molecule has 10 nitrogen and oxygen atoms in total. The van der Waals surface area contributed by atoms with Crippen LogP contribution in [0.4, 0.5) is 19.0 Å². The average molecular weight is 534 g/mol. The first-order valence-electron chi connectivity index (χ1n) is 12.0. The van der Waals surface area contributed by atoms with Crippen LogP contribution in [-0.2, 0) is 32.0 Å². The number of nitrogens with one attached hydrogen (secondary N) is 3. The van der Waals surface area contributed by atoms with Gasteiger partial charge < -0.3 is 19.8 Å². The van der Waals surface area contributed by atoms with Gasteiger partial charge in [0.15, 0.2) is 5.58 Å². The maximum absolute atomic E-state index is 12.6. The molecule has 0 spiro atoms. The van der Waals surface area contributed by atoms with Crippen molar-refractivity contribution in [1.82, 2.24) is 15.3 Å². The minimum absolute atomic E-state index is 0.0811. The number of aryl methyl sites for hydroxylation is 2. The van der Waals surface area contributed by atoms with Gasteiger partial charge in [0.05, 0.1) is 18.0 Å². The van der Waals surface area contributed by atoms with Crippen LogP contribution in [-0.4, -0.2) is 40.5 Å². The van der Waals surface area contributed by atoms with Crippen LogP contribution in [0, 0.1) is 0 Å². The second kappa shape index (κ2) is 11.5. The molecular formula is C25H25F3N4O6. The molecule has 0 fully saturated rings. The van der Waals surface area contributed by atoms with Gasteiger partial charge in [-0.05, 0) is 61.4 Å². The van der Waals surface area contributed by atoms with E-state index in [9.17, 15) is 32.3 Å². The van der Waals surface area contributed by atoms with Crippen LogP contribution in [0.5, 0.6) is 0 Å². The molecule has 2 aromatic heterocycles. The van der Waals surface area contributed by atoms with E-state index in [1.54, 1.807) is 0 Å². The number of aromatic nitrogens is 2. The van der Waals surface area contributed by atoms with E-state index in [0.29, 0.717) is 24.8 Å². The number of alkyl halides is 3. The first kappa shape index (κ1) is 26.9. The molecule has 13 heteroatoms. The summed E-state index contributed by atoms with van der Waals surface area (Å²) in [7, 11) is 0. The molecule has 38 heavy (non-hydrogen) atoms. The fourth-order valence-corrected chi connectivity index (χ4v) is 4.17. The predicted octanol–water partition coefficient (Wildman–Crippen LogP) is 3.47. The van der Waals surface area contributed by atoms with Crippen molar-refractivity contribution in [2.45, 2.75) is 57.2 Å². The molecule has 0 saturated carbocycles. The van der Waals surface area contributed by atoms with Crippen LogP contribution >= 0.6 is 0 Å². The normalized spacial score (nSPS) is 13.9. The first-order chi connectivity index (χ1) is 18.1. The first-order valence-corrected chi connectivity index (χ1v) is 12.0. The maximum atomic E-state index is 12.6. The molecule has 0 saturated heterocycles. The van der Waals surface area contributed by atoms with E-state index in [0.717, 1.165) is 30.9 Å². The Morgan fingerprint density at radius 2 is 1.97 bits per heavy atom. The highest BCUT2D eigenvalue weighted by Gasteiger charge is 2.42. The lowest BCUT2D eigenvalue weighted by molar-refractivity contribution is -0.202. The molecular weight excluding hydrogens is 509 g/mol. The number of fused-ring (bicyclic) bond motifs is 2. The van der Waals surface area contributed by atoms with E-state index in [1.807, 2.05) is 12.1 Å². The van der Waals surface area contributed by atoms with E-state index in [2.05, 4.69) is 25.3 Å². The summed E-state index contributed by atoms with van der Waals surface area (Å²) in [6.45, 7) is 0.881. The Labute approximate surface area is 213 Å². The van der Waals surface area contributed by atoms with Crippen molar-refractivity contribution in [2.24, 2.45) is 0 Å². The third-order valence-electron chi connectivity index (χ3n) is 6.03. The number of carbonyl (C=O) groups is 3. The standard InChI is InChI=1S/C25H25F3N4O6/c26-25(27,28)23(35)38-21(34)13-18(15-8-10-17-19(12-15)37-24(36)32-17)31-20(33)6-2-1-5-16-9-7-14-4-3-11-29-22(14)30-16/h7-10,12,18H,1-6,11,13H2,(H,29,30)(H,31,33)(H,32,36)/t18-/m0/s1. The van der Waals surface area contributed by atoms with Crippen LogP contribution < -0.4 is 16.4 Å². The number of amides is 1. The number of pyridine rings is 1. The molecule has 0 aliphatic carbocycles. The van der Waals surface area contributed by atoms with Crippen LogP contribution in [0.1, 0.15) is 55.0 Å². The van der Waals surface area contributed by atoms with Crippen molar-refractivity contribution in [3.63, 3.8) is 0 Å². The lowest BCUT2D eigenvalue weighted by Gasteiger charge is -2.19. The van der Waals surface area contributed by atoms with Crippen LogP contribution in [0.2, 0.25) is 0 Å². The Kier molecular flexibility index (Phi) is 8.13. The molecule has 1 atom stereocenters. The van der Waals surface area contributed by atoms with Crippen molar-refractivity contribution in [2.75, 3.05) is 11.9 Å². The number of aromatic amines is 1. The highest BCUT2D eigenvalue weighted by atomic mass is 19.4. The number of ether oxygens (including phenoxy) is 1. The number of benzene rings is 1. The second-order valence-corrected chi connectivity index (χ2v) is 8.90. The summed E-state index contributed by atoms with van der Waals surface area (Å²) in [6, 6.07) is 7.18. The van der Waals surface area contributed by atoms with E-state index in [-0.39, 0.29) is 17.6 Å². The molecule has 202 valence electrons. The van der Waals surface area contributed by atoms with E-state index in [1.165, 1.54) is 23.8 Å². The van der Waals surface area contributed by atoms with Gasteiger partial charge in [-0.25, -0.2) is 14.6 Å². The molecule has 0 radical (unpaired) electrons. The zero-order valence-corrected chi connectivity index (χ0v) is 20.2. The second-order valence-electron chi connectivity index (χ2n) is 8.90. The predicted molar refractivity (Wildman–Crippen MR) is 128 cm³/mol. The van der Waals surface area contributed by atoms with Crippen molar-refractivity contribution in [3.05, 3.63) is 57.7 Å².